The van der Waals surface area contributed by atoms with Gasteiger partial charge in [-0.3, -0.25) is 4.79 Å². The van der Waals surface area contributed by atoms with E-state index in [-0.39, 0.29) is 12.0 Å². The van der Waals surface area contributed by atoms with Gasteiger partial charge in [0.15, 0.2) is 0 Å². The maximum atomic E-state index is 11.0. The number of rotatable bonds is 9. The second kappa shape index (κ2) is 9.14. The zero-order valence-corrected chi connectivity index (χ0v) is 13.7. The van der Waals surface area contributed by atoms with E-state index in [0.29, 0.717) is 6.42 Å². The van der Waals surface area contributed by atoms with Crippen LogP contribution in [0.15, 0.2) is 12.1 Å². The van der Waals surface area contributed by atoms with E-state index < -0.39 is 0 Å². The van der Waals surface area contributed by atoms with Crippen molar-refractivity contribution >= 4 is 17.3 Å². The van der Waals surface area contributed by atoms with Crippen LogP contribution in [-0.4, -0.2) is 13.1 Å². The van der Waals surface area contributed by atoms with Gasteiger partial charge in [0.1, 0.15) is 0 Å². The number of carbonyl (C=O) groups is 1. The molecule has 1 rings (SSSR count). The van der Waals surface area contributed by atoms with E-state index in [1.807, 2.05) is 0 Å². The lowest BCUT2D eigenvalue weighted by Crippen LogP contribution is -2.08. The third-order valence-electron chi connectivity index (χ3n) is 3.38. The molecule has 0 aliphatic heterocycles. The Kier molecular flexibility index (Phi) is 7.85. The first-order valence-corrected chi connectivity index (χ1v) is 8.25. The fraction of sp³-hybridized carbons (Fsp3) is 0.688. The highest BCUT2D eigenvalue weighted by Gasteiger charge is 2.10. The summed E-state index contributed by atoms with van der Waals surface area (Å²) in [6.45, 7) is 4.49. The average molecular weight is 297 g/mol. The molecule has 0 radical (unpaired) electrons. The molecule has 0 spiro atoms. The fourth-order valence-electron chi connectivity index (χ4n) is 2.13. The van der Waals surface area contributed by atoms with Gasteiger partial charge in [-0.25, -0.2) is 0 Å². The molecule has 2 N–H and O–H groups in total. The van der Waals surface area contributed by atoms with Crippen LogP contribution in [0.4, 0.5) is 0 Å². The van der Waals surface area contributed by atoms with Crippen LogP contribution in [0.3, 0.4) is 0 Å². The zero-order chi connectivity index (χ0) is 15.0. The predicted octanol–water partition coefficient (Wildman–Crippen LogP) is 4.07. The minimum atomic E-state index is -0.132. The average Bonchev–Trinajstić information content (AvgIpc) is 2.86. The van der Waals surface area contributed by atoms with Gasteiger partial charge < -0.3 is 10.5 Å². The predicted molar refractivity (Wildman–Crippen MR) is 84.9 cm³/mol. The van der Waals surface area contributed by atoms with Gasteiger partial charge in [0.25, 0.3) is 0 Å². The lowest BCUT2D eigenvalue weighted by molar-refractivity contribution is -0.140. The molecule has 1 heterocycles. The van der Waals surface area contributed by atoms with Gasteiger partial charge in [0.2, 0.25) is 0 Å². The van der Waals surface area contributed by atoms with Gasteiger partial charge in [-0.1, -0.05) is 26.7 Å². The number of ether oxygens (including phenoxy) is 1. The van der Waals surface area contributed by atoms with Crippen LogP contribution in [0, 0.1) is 5.92 Å². The molecule has 0 aromatic carbocycles. The van der Waals surface area contributed by atoms with Crippen molar-refractivity contribution in [1.29, 1.82) is 0 Å². The normalized spacial score (nSPS) is 12.7. The van der Waals surface area contributed by atoms with Crippen LogP contribution in [-0.2, 0) is 16.0 Å². The quantitative estimate of drug-likeness (QED) is 0.699. The smallest absolute Gasteiger partial charge is 0.305 e. The highest BCUT2D eigenvalue weighted by atomic mass is 32.1. The highest BCUT2D eigenvalue weighted by molar-refractivity contribution is 7.12. The summed E-state index contributed by atoms with van der Waals surface area (Å²) in [5, 5.41) is 0. The Morgan fingerprint density at radius 1 is 1.30 bits per heavy atom. The molecule has 0 aliphatic carbocycles. The van der Waals surface area contributed by atoms with E-state index in [1.165, 1.54) is 29.7 Å². The first kappa shape index (κ1) is 17.2. The molecular formula is C16H27NO2S. The van der Waals surface area contributed by atoms with E-state index in [1.54, 1.807) is 11.3 Å². The van der Waals surface area contributed by atoms with Crippen molar-refractivity contribution in [3.05, 3.63) is 21.9 Å². The molecule has 0 amide bonds. The summed E-state index contributed by atoms with van der Waals surface area (Å²) in [5.74, 6) is 0.617. The molecule has 0 bridgehead atoms. The van der Waals surface area contributed by atoms with Gasteiger partial charge in [-0.05, 0) is 37.3 Å². The molecule has 1 aromatic heterocycles. The van der Waals surface area contributed by atoms with Gasteiger partial charge >= 0.3 is 5.97 Å². The number of methoxy groups -OCH3 is 1. The first-order valence-electron chi connectivity index (χ1n) is 7.44. The summed E-state index contributed by atoms with van der Waals surface area (Å²) in [6, 6.07) is 4.44. The van der Waals surface area contributed by atoms with Crippen molar-refractivity contribution in [2.24, 2.45) is 11.7 Å². The number of carbonyl (C=O) groups excluding carboxylic acids is 1. The number of esters is 1. The van der Waals surface area contributed by atoms with Crippen LogP contribution in [0.1, 0.15) is 61.7 Å². The van der Waals surface area contributed by atoms with Crippen LogP contribution < -0.4 is 5.73 Å². The van der Waals surface area contributed by atoms with Crippen molar-refractivity contribution in [1.82, 2.24) is 0 Å². The van der Waals surface area contributed by atoms with E-state index in [0.717, 1.165) is 25.2 Å². The minimum absolute atomic E-state index is 0.132. The molecule has 0 saturated carbocycles. The van der Waals surface area contributed by atoms with E-state index >= 15 is 0 Å². The number of hydrogen-bond acceptors (Lipinski definition) is 4. The Hall–Kier alpha value is -0.870. The van der Waals surface area contributed by atoms with Crippen LogP contribution >= 0.6 is 11.3 Å². The molecule has 0 aliphatic rings. The Morgan fingerprint density at radius 3 is 2.70 bits per heavy atom. The second-order valence-corrected chi connectivity index (χ2v) is 6.86. The number of hydrogen-bond donors (Lipinski definition) is 1. The summed E-state index contributed by atoms with van der Waals surface area (Å²) >= 11 is 1.78. The fourth-order valence-corrected chi connectivity index (χ4v) is 3.22. The minimum Gasteiger partial charge on any atom is -0.469 e. The SMILES string of the molecule is COC(=O)CCCc1ccc(C(N)CCCC(C)C)s1. The Bertz CT molecular complexity index is 401. The van der Waals surface area contributed by atoms with Crippen molar-refractivity contribution in [2.75, 3.05) is 7.11 Å². The highest BCUT2D eigenvalue weighted by Crippen LogP contribution is 2.26. The third kappa shape index (κ3) is 6.53. The van der Waals surface area contributed by atoms with Gasteiger partial charge in [-0.15, -0.1) is 11.3 Å². The van der Waals surface area contributed by atoms with Crippen molar-refractivity contribution in [2.45, 2.75) is 58.4 Å². The topological polar surface area (TPSA) is 52.3 Å². The molecule has 1 atom stereocenters. The van der Waals surface area contributed by atoms with Crippen LogP contribution in [0.2, 0.25) is 0 Å². The number of nitrogens with two attached hydrogens (primary N) is 1. The lowest BCUT2D eigenvalue weighted by Gasteiger charge is -2.10. The van der Waals surface area contributed by atoms with E-state index in [4.69, 9.17) is 5.73 Å². The van der Waals surface area contributed by atoms with Crippen molar-refractivity contribution in [3.8, 4) is 0 Å². The van der Waals surface area contributed by atoms with Crippen LogP contribution in [0.25, 0.3) is 0 Å². The maximum absolute atomic E-state index is 11.0. The van der Waals surface area contributed by atoms with Gasteiger partial charge in [-0.2, -0.15) is 0 Å². The van der Waals surface area contributed by atoms with Crippen molar-refractivity contribution < 1.29 is 9.53 Å². The lowest BCUT2D eigenvalue weighted by atomic mass is 10.0. The molecule has 0 saturated heterocycles. The summed E-state index contributed by atoms with van der Waals surface area (Å²) in [4.78, 5) is 13.6. The zero-order valence-electron chi connectivity index (χ0n) is 12.9. The second-order valence-electron chi connectivity index (χ2n) is 5.67. The first-order chi connectivity index (χ1) is 9.52. The number of thiophene rings is 1. The molecule has 20 heavy (non-hydrogen) atoms. The standard InChI is InChI=1S/C16H27NO2S/c1-12(2)6-4-8-14(17)15-11-10-13(20-15)7-5-9-16(18)19-3/h10-12,14H,4-9,17H2,1-3H3. The molecule has 0 fully saturated rings. The van der Waals surface area contributed by atoms with Gasteiger partial charge in [0, 0.05) is 22.2 Å². The molecule has 1 unspecified atom stereocenters. The third-order valence-corrected chi connectivity index (χ3v) is 4.65. The Labute approximate surface area is 126 Å². The summed E-state index contributed by atoms with van der Waals surface area (Å²) < 4.78 is 4.64. The molecule has 4 heteroatoms. The van der Waals surface area contributed by atoms with E-state index in [9.17, 15) is 4.79 Å². The molecule has 114 valence electrons. The molecule has 3 nitrogen and oxygen atoms in total. The monoisotopic (exact) mass is 297 g/mol. The summed E-state index contributed by atoms with van der Waals surface area (Å²) in [5.41, 5.74) is 6.23. The van der Waals surface area contributed by atoms with Gasteiger partial charge in [0.05, 0.1) is 7.11 Å². The number of aryl methyl sites for hydroxylation is 1. The molecule has 1 aromatic rings. The largest absolute Gasteiger partial charge is 0.469 e. The maximum Gasteiger partial charge on any atom is 0.305 e. The van der Waals surface area contributed by atoms with Crippen molar-refractivity contribution in [3.63, 3.8) is 0 Å². The van der Waals surface area contributed by atoms with E-state index in [2.05, 4.69) is 30.7 Å². The molecular weight excluding hydrogens is 270 g/mol. The summed E-state index contributed by atoms with van der Waals surface area (Å²) in [7, 11) is 1.43. The Balaban J connectivity index is 2.32. The summed E-state index contributed by atoms with van der Waals surface area (Å²) in [6.07, 6.45) is 5.75. The Morgan fingerprint density at radius 2 is 2.05 bits per heavy atom. The van der Waals surface area contributed by atoms with Crippen LogP contribution in [0.5, 0.6) is 0 Å².